The monoisotopic (exact) mass is 406 g/mol. The standard InChI is InChI=1S/C23H30N6O/c1-16-10-11-20-17(14-16)15-19(23(30)24-20)21(28-12-6-3-7-13-28)22-25-26-27-29(22)18-8-4-2-5-9-18/h10-11,14-15,18,21H,2-9,12-13H2,1H3,(H,24,30)/t21-/m0/s1. The van der Waals surface area contributed by atoms with Crippen LogP contribution in [0.2, 0.25) is 0 Å². The van der Waals surface area contributed by atoms with Gasteiger partial charge >= 0.3 is 0 Å². The Hall–Kier alpha value is -2.54. The molecule has 1 saturated carbocycles. The van der Waals surface area contributed by atoms with E-state index in [0.717, 1.165) is 61.1 Å². The Morgan fingerprint density at radius 1 is 1.03 bits per heavy atom. The van der Waals surface area contributed by atoms with Crippen LogP contribution in [0.4, 0.5) is 0 Å². The van der Waals surface area contributed by atoms with Crippen molar-refractivity contribution in [3.8, 4) is 0 Å². The molecule has 2 aliphatic rings. The minimum absolute atomic E-state index is 0.0416. The zero-order valence-corrected chi connectivity index (χ0v) is 17.7. The molecule has 30 heavy (non-hydrogen) atoms. The molecular weight excluding hydrogens is 376 g/mol. The van der Waals surface area contributed by atoms with E-state index in [9.17, 15) is 4.79 Å². The molecular formula is C23H30N6O. The van der Waals surface area contributed by atoms with Crippen LogP contribution in [-0.2, 0) is 0 Å². The maximum absolute atomic E-state index is 13.2. The number of aromatic nitrogens is 5. The van der Waals surface area contributed by atoms with Gasteiger partial charge in [0.1, 0.15) is 6.04 Å². The van der Waals surface area contributed by atoms with Gasteiger partial charge in [-0.3, -0.25) is 9.69 Å². The molecule has 5 rings (SSSR count). The molecule has 0 amide bonds. The van der Waals surface area contributed by atoms with E-state index in [1.807, 2.05) is 16.8 Å². The van der Waals surface area contributed by atoms with Crippen LogP contribution in [0.25, 0.3) is 10.9 Å². The summed E-state index contributed by atoms with van der Waals surface area (Å²) in [6, 6.07) is 8.32. The summed E-state index contributed by atoms with van der Waals surface area (Å²) in [6.07, 6.45) is 9.47. The van der Waals surface area contributed by atoms with Crippen LogP contribution in [0.15, 0.2) is 29.1 Å². The molecule has 1 N–H and O–H groups in total. The Bertz CT molecular complexity index is 1070. The fourth-order valence-electron chi connectivity index (χ4n) is 5.19. The molecule has 3 aromatic rings. The molecule has 0 spiro atoms. The van der Waals surface area contributed by atoms with Crippen LogP contribution in [0.5, 0.6) is 0 Å². The quantitative estimate of drug-likeness (QED) is 0.711. The van der Waals surface area contributed by atoms with Crippen molar-refractivity contribution in [2.45, 2.75) is 70.4 Å². The van der Waals surface area contributed by atoms with Crippen molar-refractivity contribution in [2.24, 2.45) is 0 Å². The number of rotatable bonds is 4. The lowest BCUT2D eigenvalue weighted by atomic mass is 9.94. The number of nitrogens with one attached hydrogen (secondary N) is 1. The number of aromatic amines is 1. The Morgan fingerprint density at radius 3 is 2.60 bits per heavy atom. The molecule has 158 valence electrons. The van der Waals surface area contributed by atoms with Gasteiger partial charge in [-0.2, -0.15) is 0 Å². The summed E-state index contributed by atoms with van der Waals surface area (Å²) in [4.78, 5) is 18.7. The van der Waals surface area contributed by atoms with E-state index in [1.54, 1.807) is 0 Å². The Morgan fingerprint density at radius 2 is 1.80 bits per heavy atom. The molecule has 0 unspecified atom stereocenters. The molecule has 1 saturated heterocycles. The summed E-state index contributed by atoms with van der Waals surface area (Å²) in [6.45, 7) is 4.01. The molecule has 2 fully saturated rings. The summed E-state index contributed by atoms with van der Waals surface area (Å²) in [5, 5.41) is 14.0. The highest BCUT2D eigenvalue weighted by Gasteiger charge is 2.33. The molecule has 1 aliphatic heterocycles. The number of H-pyrrole nitrogens is 1. The number of piperidine rings is 1. The van der Waals surface area contributed by atoms with Gasteiger partial charge in [0.15, 0.2) is 5.82 Å². The van der Waals surface area contributed by atoms with Crippen LogP contribution >= 0.6 is 0 Å². The van der Waals surface area contributed by atoms with E-state index in [1.165, 1.54) is 31.2 Å². The van der Waals surface area contributed by atoms with Crippen molar-refractivity contribution in [2.75, 3.05) is 13.1 Å². The summed E-state index contributed by atoms with van der Waals surface area (Å²) >= 11 is 0. The van der Waals surface area contributed by atoms with Crippen molar-refractivity contribution in [3.05, 3.63) is 51.6 Å². The second kappa shape index (κ2) is 8.30. The molecule has 7 heteroatoms. The predicted octanol–water partition coefficient (Wildman–Crippen LogP) is 3.90. The van der Waals surface area contributed by atoms with Crippen LogP contribution in [0, 0.1) is 6.92 Å². The molecule has 1 aromatic carbocycles. The topological polar surface area (TPSA) is 79.7 Å². The Kier molecular flexibility index (Phi) is 5.37. The maximum Gasteiger partial charge on any atom is 0.253 e. The fraction of sp³-hybridized carbons (Fsp3) is 0.565. The van der Waals surface area contributed by atoms with E-state index in [2.05, 4.69) is 44.5 Å². The van der Waals surface area contributed by atoms with Gasteiger partial charge in [0.25, 0.3) is 5.56 Å². The predicted molar refractivity (Wildman–Crippen MR) is 117 cm³/mol. The smallest absolute Gasteiger partial charge is 0.253 e. The zero-order valence-electron chi connectivity index (χ0n) is 17.7. The first-order chi connectivity index (χ1) is 14.7. The molecule has 2 aromatic heterocycles. The third-order valence-corrected chi connectivity index (χ3v) is 6.76. The van der Waals surface area contributed by atoms with Gasteiger partial charge in [-0.25, -0.2) is 4.68 Å². The van der Waals surface area contributed by atoms with E-state index < -0.39 is 0 Å². The summed E-state index contributed by atoms with van der Waals surface area (Å²) in [7, 11) is 0. The Labute approximate surface area is 176 Å². The van der Waals surface area contributed by atoms with Crippen molar-refractivity contribution in [1.82, 2.24) is 30.1 Å². The molecule has 0 radical (unpaired) electrons. The third-order valence-electron chi connectivity index (χ3n) is 6.76. The highest BCUT2D eigenvalue weighted by Crippen LogP contribution is 2.34. The largest absolute Gasteiger partial charge is 0.322 e. The number of pyridine rings is 1. The zero-order chi connectivity index (χ0) is 20.5. The number of likely N-dealkylation sites (tertiary alicyclic amines) is 1. The van der Waals surface area contributed by atoms with Crippen molar-refractivity contribution in [1.29, 1.82) is 0 Å². The van der Waals surface area contributed by atoms with Crippen molar-refractivity contribution < 1.29 is 0 Å². The Balaban J connectivity index is 1.64. The maximum atomic E-state index is 13.2. The number of hydrogen-bond acceptors (Lipinski definition) is 5. The highest BCUT2D eigenvalue weighted by molar-refractivity contribution is 5.79. The minimum atomic E-state index is -0.212. The third kappa shape index (κ3) is 3.67. The van der Waals surface area contributed by atoms with Gasteiger partial charge in [-0.15, -0.1) is 5.10 Å². The summed E-state index contributed by atoms with van der Waals surface area (Å²) in [5.74, 6) is 0.821. The second-order valence-electron chi connectivity index (χ2n) is 8.92. The van der Waals surface area contributed by atoms with Gasteiger partial charge in [-0.05, 0) is 79.7 Å². The molecule has 7 nitrogen and oxygen atoms in total. The number of aryl methyl sites for hydroxylation is 1. The van der Waals surface area contributed by atoms with Gasteiger partial charge in [0, 0.05) is 11.1 Å². The lowest BCUT2D eigenvalue weighted by molar-refractivity contribution is 0.171. The van der Waals surface area contributed by atoms with Crippen molar-refractivity contribution in [3.63, 3.8) is 0 Å². The van der Waals surface area contributed by atoms with E-state index in [-0.39, 0.29) is 11.6 Å². The average molecular weight is 407 g/mol. The number of tetrazole rings is 1. The molecule has 1 aliphatic carbocycles. The number of fused-ring (bicyclic) bond motifs is 1. The van der Waals surface area contributed by atoms with Gasteiger partial charge in [-0.1, -0.05) is 37.3 Å². The number of benzene rings is 1. The van der Waals surface area contributed by atoms with Crippen molar-refractivity contribution >= 4 is 10.9 Å². The lowest BCUT2D eigenvalue weighted by Gasteiger charge is -2.34. The van der Waals surface area contributed by atoms with Crippen LogP contribution < -0.4 is 5.56 Å². The summed E-state index contributed by atoms with van der Waals surface area (Å²) in [5.41, 5.74) is 2.77. The fourth-order valence-corrected chi connectivity index (χ4v) is 5.19. The second-order valence-corrected chi connectivity index (χ2v) is 8.92. The van der Waals surface area contributed by atoms with Gasteiger partial charge in [0.05, 0.1) is 6.04 Å². The van der Waals surface area contributed by atoms with Gasteiger partial charge < -0.3 is 4.98 Å². The number of hydrogen-bond donors (Lipinski definition) is 1. The van der Waals surface area contributed by atoms with E-state index in [0.29, 0.717) is 6.04 Å². The van der Waals surface area contributed by atoms with E-state index in [4.69, 9.17) is 0 Å². The summed E-state index contributed by atoms with van der Waals surface area (Å²) < 4.78 is 2.03. The lowest BCUT2D eigenvalue weighted by Crippen LogP contribution is -2.39. The number of nitrogens with zero attached hydrogens (tertiary/aromatic N) is 5. The SMILES string of the molecule is Cc1ccc2[nH]c(=O)c([C@@H](c3nnnn3C3CCCCC3)N3CCCCC3)cc2c1. The molecule has 1 atom stereocenters. The van der Waals surface area contributed by atoms with Crippen LogP contribution in [0.3, 0.4) is 0 Å². The first-order valence-electron chi connectivity index (χ1n) is 11.4. The van der Waals surface area contributed by atoms with Crippen LogP contribution in [-0.4, -0.2) is 43.2 Å². The highest BCUT2D eigenvalue weighted by atomic mass is 16.1. The average Bonchev–Trinajstić information content (AvgIpc) is 3.25. The normalized spacial score (nSPS) is 19.9. The minimum Gasteiger partial charge on any atom is -0.322 e. The van der Waals surface area contributed by atoms with Gasteiger partial charge in [0.2, 0.25) is 0 Å². The molecule has 0 bridgehead atoms. The first kappa shape index (κ1) is 19.4. The van der Waals surface area contributed by atoms with E-state index >= 15 is 0 Å². The first-order valence-corrected chi connectivity index (χ1v) is 11.4. The molecule has 3 heterocycles. The van der Waals surface area contributed by atoms with Crippen LogP contribution in [0.1, 0.15) is 80.4 Å².